The zero-order valence-corrected chi connectivity index (χ0v) is 19.9. The molecule has 0 saturated carbocycles. The largest absolute Gasteiger partial charge is 0.468 e. The summed E-state index contributed by atoms with van der Waals surface area (Å²) in [4.78, 5) is 15.5. The molecule has 1 fully saturated rings. The van der Waals surface area contributed by atoms with Gasteiger partial charge in [0.2, 0.25) is 0 Å². The Kier molecular flexibility index (Phi) is 9.17. The minimum atomic E-state index is -4.95. The van der Waals surface area contributed by atoms with Crippen molar-refractivity contribution < 1.29 is 40.6 Å². The number of rotatable bonds is 8. The lowest BCUT2D eigenvalue weighted by Crippen LogP contribution is -2.49. The van der Waals surface area contributed by atoms with Gasteiger partial charge in [-0.2, -0.15) is 31.6 Å². The Morgan fingerprint density at radius 3 is 1.97 bits per heavy atom. The Hall–Kier alpha value is -3.14. The van der Waals surface area contributed by atoms with E-state index < -0.39 is 36.2 Å². The average molecular weight is 529 g/mol. The molecular weight excluding hydrogens is 504 g/mol. The van der Waals surface area contributed by atoms with Crippen LogP contribution in [0.25, 0.3) is 0 Å². The van der Waals surface area contributed by atoms with Gasteiger partial charge in [0.15, 0.2) is 0 Å². The third-order valence-corrected chi connectivity index (χ3v) is 5.98. The first-order chi connectivity index (χ1) is 17.4. The van der Waals surface area contributed by atoms with Crippen molar-refractivity contribution in [3.05, 3.63) is 70.3 Å². The molecule has 3 rings (SSSR count). The van der Waals surface area contributed by atoms with Crippen LogP contribution in [0.1, 0.15) is 33.9 Å². The first-order valence-corrected chi connectivity index (χ1v) is 11.3. The molecule has 200 valence electrons. The highest BCUT2D eigenvalue weighted by Gasteiger charge is 2.37. The van der Waals surface area contributed by atoms with E-state index in [-0.39, 0.29) is 24.1 Å². The number of carbonyl (C=O) groups is 1. The summed E-state index contributed by atoms with van der Waals surface area (Å²) in [6.45, 7) is 2.24. The van der Waals surface area contributed by atoms with Crippen LogP contribution in [-0.4, -0.2) is 62.1 Å². The maximum absolute atomic E-state index is 13.2. The van der Waals surface area contributed by atoms with Gasteiger partial charge in [0.1, 0.15) is 0 Å². The van der Waals surface area contributed by atoms with Crippen molar-refractivity contribution in [2.24, 2.45) is 0 Å². The van der Waals surface area contributed by atoms with E-state index in [0.717, 1.165) is 0 Å². The van der Waals surface area contributed by atoms with Crippen LogP contribution in [0.5, 0.6) is 0 Å². The number of carbonyl (C=O) groups excluding carboxylic acids is 1. The molecule has 0 N–H and O–H groups in total. The maximum atomic E-state index is 13.2. The molecule has 1 unspecified atom stereocenters. The van der Waals surface area contributed by atoms with E-state index in [2.05, 4.69) is 4.74 Å². The zero-order chi connectivity index (χ0) is 27.2. The van der Waals surface area contributed by atoms with Gasteiger partial charge < -0.3 is 9.47 Å². The predicted octanol–water partition coefficient (Wildman–Crippen LogP) is 4.64. The van der Waals surface area contributed by atoms with Crippen LogP contribution >= 0.6 is 0 Å². The third-order valence-electron chi connectivity index (χ3n) is 5.98. The molecule has 0 amide bonds. The smallest absolute Gasteiger partial charge is 0.416 e. The topological polar surface area (TPSA) is 65.8 Å². The standard InChI is InChI=1S/C25H25F6N3O3/c1-36-23(35)15-34-8-6-33(7-9-34)14-22(19-4-2-17(13-32)3-5-19)37-16-18-10-20(24(26,27)28)12-21(11-18)25(29,30)31/h2-5,10-12,22H,6-9,14-16H2,1H3. The van der Waals surface area contributed by atoms with Gasteiger partial charge in [-0.3, -0.25) is 14.6 Å². The van der Waals surface area contributed by atoms with Gasteiger partial charge in [-0.05, 0) is 41.5 Å². The molecule has 37 heavy (non-hydrogen) atoms. The number of hydrogen-bond acceptors (Lipinski definition) is 6. The lowest BCUT2D eigenvalue weighted by Gasteiger charge is -2.36. The monoisotopic (exact) mass is 529 g/mol. The molecule has 1 aliphatic heterocycles. The van der Waals surface area contributed by atoms with Gasteiger partial charge in [-0.25, -0.2) is 0 Å². The van der Waals surface area contributed by atoms with Crippen LogP contribution < -0.4 is 0 Å². The molecule has 2 aromatic carbocycles. The van der Waals surface area contributed by atoms with Crippen LogP contribution in [0.2, 0.25) is 0 Å². The van der Waals surface area contributed by atoms with Gasteiger partial charge in [-0.15, -0.1) is 0 Å². The van der Waals surface area contributed by atoms with Gasteiger partial charge in [0.25, 0.3) is 0 Å². The lowest BCUT2D eigenvalue weighted by atomic mass is 10.0. The van der Waals surface area contributed by atoms with E-state index in [9.17, 15) is 31.1 Å². The molecule has 1 saturated heterocycles. The fourth-order valence-electron chi connectivity index (χ4n) is 3.94. The van der Waals surface area contributed by atoms with E-state index in [1.54, 1.807) is 24.3 Å². The quantitative estimate of drug-likeness (QED) is 0.367. The number of benzene rings is 2. The molecule has 1 atom stereocenters. The van der Waals surface area contributed by atoms with E-state index in [4.69, 9.17) is 10.00 Å². The van der Waals surface area contributed by atoms with Crippen molar-refractivity contribution in [2.45, 2.75) is 25.1 Å². The summed E-state index contributed by atoms with van der Waals surface area (Å²) >= 11 is 0. The van der Waals surface area contributed by atoms with E-state index >= 15 is 0 Å². The van der Waals surface area contributed by atoms with Gasteiger partial charge >= 0.3 is 18.3 Å². The SMILES string of the molecule is COC(=O)CN1CCN(CC(OCc2cc(C(F)(F)F)cc(C(F)(F)F)c2)c2ccc(C#N)cc2)CC1. The fourth-order valence-corrected chi connectivity index (χ4v) is 3.94. The Labute approximate surface area is 210 Å². The second-order valence-corrected chi connectivity index (χ2v) is 8.60. The molecule has 2 aromatic rings. The minimum absolute atomic E-state index is 0.0788. The summed E-state index contributed by atoms with van der Waals surface area (Å²) < 4.78 is 90.0. The van der Waals surface area contributed by atoms with E-state index in [1.807, 2.05) is 15.9 Å². The molecule has 0 radical (unpaired) electrons. The number of methoxy groups -OCH3 is 1. The lowest BCUT2D eigenvalue weighted by molar-refractivity contribution is -0.144. The molecule has 0 spiro atoms. The molecule has 6 nitrogen and oxygen atoms in total. The van der Waals surface area contributed by atoms with Crippen molar-refractivity contribution in [2.75, 3.05) is 46.4 Å². The fraction of sp³-hybridized carbons (Fsp3) is 0.440. The van der Waals surface area contributed by atoms with Crippen molar-refractivity contribution in [3.8, 4) is 6.07 Å². The number of esters is 1. The van der Waals surface area contributed by atoms with Crippen LogP contribution in [0.3, 0.4) is 0 Å². The van der Waals surface area contributed by atoms with Crippen LogP contribution in [-0.2, 0) is 33.2 Å². The van der Waals surface area contributed by atoms with Crippen LogP contribution in [0, 0.1) is 11.3 Å². The number of nitrogens with zero attached hydrogens (tertiary/aromatic N) is 3. The van der Waals surface area contributed by atoms with E-state index in [0.29, 0.717) is 56.0 Å². The molecule has 1 aliphatic rings. The molecule has 0 bridgehead atoms. The minimum Gasteiger partial charge on any atom is -0.468 e. The van der Waals surface area contributed by atoms with Gasteiger partial charge in [0.05, 0.1) is 49.1 Å². The van der Waals surface area contributed by atoms with Crippen molar-refractivity contribution >= 4 is 5.97 Å². The third kappa shape index (κ3) is 8.18. The predicted molar refractivity (Wildman–Crippen MR) is 120 cm³/mol. The number of nitriles is 1. The summed E-state index contributed by atoms with van der Waals surface area (Å²) in [5.74, 6) is -0.355. The maximum Gasteiger partial charge on any atom is 0.416 e. The van der Waals surface area contributed by atoms with Crippen molar-refractivity contribution in [3.63, 3.8) is 0 Å². The summed E-state index contributed by atoms with van der Waals surface area (Å²) in [5, 5.41) is 9.06. The van der Waals surface area contributed by atoms with Crippen LogP contribution in [0.15, 0.2) is 42.5 Å². The molecular formula is C25H25F6N3O3. The number of alkyl halides is 6. The Balaban J connectivity index is 1.78. The summed E-state index contributed by atoms with van der Waals surface area (Å²) in [6, 6.07) is 9.78. The summed E-state index contributed by atoms with van der Waals surface area (Å²) in [6.07, 6.45) is -10.6. The zero-order valence-electron chi connectivity index (χ0n) is 19.9. The highest BCUT2D eigenvalue weighted by atomic mass is 19.4. The number of halogens is 6. The number of ether oxygens (including phenoxy) is 2. The Morgan fingerprint density at radius 1 is 0.946 bits per heavy atom. The van der Waals surface area contributed by atoms with Crippen molar-refractivity contribution in [1.82, 2.24) is 9.80 Å². The second-order valence-electron chi connectivity index (χ2n) is 8.60. The van der Waals surface area contributed by atoms with Gasteiger partial charge in [0, 0.05) is 32.7 Å². The first kappa shape index (κ1) is 28.4. The normalized spacial score (nSPS) is 16.3. The van der Waals surface area contributed by atoms with Crippen LogP contribution in [0.4, 0.5) is 26.3 Å². The molecule has 12 heteroatoms. The Morgan fingerprint density at radius 2 is 1.49 bits per heavy atom. The highest BCUT2D eigenvalue weighted by Crippen LogP contribution is 2.36. The molecule has 1 heterocycles. The molecule has 0 aromatic heterocycles. The number of hydrogen-bond donors (Lipinski definition) is 0. The van der Waals surface area contributed by atoms with Crippen molar-refractivity contribution in [1.29, 1.82) is 5.26 Å². The first-order valence-electron chi connectivity index (χ1n) is 11.3. The van der Waals surface area contributed by atoms with Gasteiger partial charge in [-0.1, -0.05) is 12.1 Å². The number of piperazine rings is 1. The average Bonchev–Trinajstić information content (AvgIpc) is 2.86. The molecule has 0 aliphatic carbocycles. The summed E-state index contributed by atoms with van der Waals surface area (Å²) in [5.41, 5.74) is -2.05. The van der Waals surface area contributed by atoms with E-state index in [1.165, 1.54) is 7.11 Å². The highest BCUT2D eigenvalue weighted by molar-refractivity contribution is 5.71. The summed E-state index contributed by atoms with van der Waals surface area (Å²) in [7, 11) is 1.31. The second kappa shape index (κ2) is 11.9. The Bertz CT molecular complexity index is 1070.